The minimum absolute atomic E-state index is 0.111. The lowest BCUT2D eigenvalue weighted by Crippen LogP contribution is -2.20. The maximum absolute atomic E-state index is 11.8. The van der Waals surface area contributed by atoms with Gasteiger partial charge in [0.1, 0.15) is 0 Å². The molecule has 1 unspecified atom stereocenters. The third kappa shape index (κ3) is 4.15. The largest absolute Gasteiger partial charge is 0.493 e. The molecule has 100 valence electrons. The number of hydrogen-bond acceptors (Lipinski definition) is 3. The van der Waals surface area contributed by atoms with Gasteiger partial charge in [-0.2, -0.15) is 0 Å². The van der Waals surface area contributed by atoms with Crippen LogP contribution in [0.25, 0.3) is 0 Å². The average molecular weight is 336 g/mol. The first kappa shape index (κ1) is 15.3. The van der Waals surface area contributed by atoms with Gasteiger partial charge in [0.15, 0.2) is 5.75 Å². The molecule has 0 radical (unpaired) electrons. The highest BCUT2D eigenvalue weighted by atomic mass is 79.9. The standard InChI is InChI=1S/C12H16BrClN2O2/c1-7(6-15)3-11(17)16-10-5-8(14)4-9(13)12(10)18-2/h4-5,7H,3,6,15H2,1-2H3,(H,16,17). The molecule has 1 aromatic rings. The molecule has 4 nitrogen and oxygen atoms in total. The Morgan fingerprint density at radius 2 is 2.28 bits per heavy atom. The Balaban J connectivity index is 2.86. The molecule has 1 amide bonds. The quantitative estimate of drug-likeness (QED) is 0.869. The number of carbonyl (C=O) groups is 1. The van der Waals surface area contributed by atoms with Crippen LogP contribution in [-0.4, -0.2) is 19.6 Å². The first-order chi connectivity index (χ1) is 8.47. The van der Waals surface area contributed by atoms with E-state index in [0.717, 1.165) is 0 Å². The molecule has 0 fully saturated rings. The third-order valence-corrected chi connectivity index (χ3v) is 3.23. The second kappa shape index (κ2) is 6.97. The fourth-order valence-electron chi connectivity index (χ4n) is 1.46. The predicted octanol–water partition coefficient (Wildman–Crippen LogP) is 3.03. The minimum atomic E-state index is -0.111. The summed E-state index contributed by atoms with van der Waals surface area (Å²) in [4.78, 5) is 11.8. The Morgan fingerprint density at radius 1 is 1.61 bits per heavy atom. The third-order valence-electron chi connectivity index (χ3n) is 2.42. The molecule has 0 aliphatic rings. The molecule has 0 heterocycles. The molecular weight excluding hydrogens is 320 g/mol. The summed E-state index contributed by atoms with van der Waals surface area (Å²) in [5.74, 6) is 0.576. The van der Waals surface area contributed by atoms with E-state index in [4.69, 9.17) is 22.1 Å². The monoisotopic (exact) mass is 334 g/mol. The van der Waals surface area contributed by atoms with Gasteiger partial charge >= 0.3 is 0 Å². The van der Waals surface area contributed by atoms with Crippen LogP contribution in [0.5, 0.6) is 5.75 Å². The van der Waals surface area contributed by atoms with Crippen LogP contribution in [0.4, 0.5) is 5.69 Å². The van der Waals surface area contributed by atoms with Crippen molar-refractivity contribution in [3.8, 4) is 5.75 Å². The lowest BCUT2D eigenvalue weighted by Gasteiger charge is -2.13. The minimum Gasteiger partial charge on any atom is -0.493 e. The van der Waals surface area contributed by atoms with Crippen molar-refractivity contribution in [2.45, 2.75) is 13.3 Å². The number of hydrogen-bond donors (Lipinski definition) is 2. The van der Waals surface area contributed by atoms with Gasteiger partial charge in [0.25, 0.3) is 0 Å². The number of anilines is 1. The summed E-state index contributed by atoms with van der Waals surface area (Å²) in [7, 11) is 1.53. The van der Waals surface area contributed by atoms with E-state index >= 15 is 0 Å². The lowest BCUT2D eigenvalue weighted by molar-refractivity contribution is -0.116. The molecule has 0 spiro atoms. The first-order valence-corrected chi connectivity index (χ1v) is 6.68. The summed E-state index contributed by atoms with van der Waals surface area (Å²) in [6, 6.07) is 3.36. The highest BCUT2D eigenvalue weighted by molar-refractivity contribution is 9.10. The number of carbonyl (C=O) groups excluding carboxylic acids is 1. The molecule has 3 N–H and O–H groups in total. The van der Waals surface area contributed by atoms with E-state index in [9.17, 15) is 4.79 Å². The highest BCUT2D eigenvalue weighted by Gasteiger charge is 2.13. The van der Waals surface area contributed by atoms with Crippen molar-refractivity contribution >= 4 is 39.1 Å². The van der Waals surface area contributed by atoms with Crippen LogP contribution in [-0.2, 0) is 4.79 Å². The average Bonchev–Trinajstić information content (AvgIpc) is 2.28. The number of amides is 1. The van der Waals surface area contributed by atoms with Gasteiger partial charge in [-0.25, -0.2) is 0 Å². The summed E-state index contributed by atoms with van der Waals surface area (Å²) >= 11 is 9.27. The first-order valence-electron chi connectivity index (χ1n) is 5.50. The molecule has 1 aromatic carbocycles. The molecule has 1 atom stereocenters. The van der Waals surface area contributed by atoms with E-state index < -0.39 is 0 Å². The topological polar surface area (TPSA) is 64.3 Å². The fourth-order valence-corrected chi connectivity index (χ4v) is 2.43. The van der Waals surface area contributed by atoms with Gasteiger partial charge in [0.2, 0.25) is 5.91 Å². The maximum atomic E-state index is 11.8. The Hall–Kier alpha value is -0.780. The molecule has 18 heavy (non-hydrogen) atoms. The van der Waals surface area contributed by atoms with E-state index in [0.29, 0.717) is 33.9 Å². The molecule has 0 saturated carbocycles. The molecule has 0 aliphatic heterocycles. The number of benzene rings is 1. The van der Waals surface area contributed by atoms with Gasteiger partial charge in [0, 0.05) is 11.4 Å². The molecule has 0 aromatic heterocycles. The van der Waals surface area contributed by atoms with E-state index in [1.54, 1.807) is 12.1 Å². The van der Waals surface area contributed by atoms with Gasteiger partial charge < -0.3 is 15.8 Å². The summed E-state index contributed by atoms with van der Waals surface area (Å²) in [5, 5.41) is 3.29. The molecular formula is C12H16BrClN2O2. The van der Waals surface area contributed by atoms with Gasteiger partial charge in [-0.15, -0.1) is 0 Å². The highest BCUT2D eigenvalue weighted by Crippen LogP contribution is 2.36. The second-order valence-corrected chi connectivity index (χ2v) is 5.35. The number of rotatable bonds is 5. The van der Waals surface area contributed by atoms with Crippen LogP contribution in [0.2, 0.25) is 5.02 Å². The maximum Gasteiger partial charge on any atom is 0.224 e. The number of nitrogens with one attached hydrogen (secondary N) is 1. The van der Waals surface area contributed by atoms with Crippen molar-refractivity contribution in [2.75, 3.05) is 19.0 Å². The van der Waals surface area contributed by atoms with Crippen molar-refractivity contribution in [2.24, 2.45) is 11.7 Å². The number of methoxy groups -OCH3 is 1. The molecule has 1 rings (SSSR count). The van der Waals surface area contributed by atoms with Crippen molar-refractivity contribution in [3.05, 3.63) is 21.6 Å². The normalized spacial score (nSPS) is 12.1. The zero-order valence-corrected chi connectivity index (χ0v) is 12.6. The number of halogens is 2. The molecule has 0 saturated heterocycles. The van der Waals surface area contributed by atoms with Crippen LogP contribution < -0.4 is 15.8 Å². The van der Waals surface area contributed by atoms with Crippen LogP contribution in [0.3, 0.4) is 0 Å². The van der Waals surface area contributed by atoms with Crippen LogP contribution in [0.15, 0.2) is 16.6 Å². The molecule has 0 aliphatic carbocycles. The Bertz CT molecular complexity index is 440. The Labute approximate surface area is 120 Å². The Kier molecular flexibility index (Phi) is 5.91. The van der Waals surface area contributed by atoms with Crippen molar-refractivity contribution in [1.82, 2.24) is 0 Å². The zero-order valence-electron chi connectivity index (χ0n) is 10.3. The van der Waals surface area contributed by atoms with E-state index in [-0.39, 0.29) is 11.8 Å². The van der Waals surface area contributed by atoms with Crippen molar-refractivity contribution in [1.29, 1.82) is 0 Å². The second-order valence-electron chi connectivity index (χ2n) is 4.06. The lowest BCUT2D eigenvalue weighted by atomic mass is 10.1. The predicted molar refractivity (Wildman–Crippen MR) is 77.2 cm³/mol. The fraction of sp³-hybridized carbons (Fsp3) is 0.417. The van der Waals surface area contributed by atoms with Crippen molar-refractivity contribution in [3.63, 3.8) is 0 Å². The number of ether oxygens (including phenoxy) is 1. The molecule has 0 bridgehead atoms. The summed E-state index contributed by atoms with van der Waals surface area (Å²) in [6.07, 6.45) is 0.365. The van der Waals surface area contributed by atoms with Gasteiger partial charge in [-0.1, -0.05) is 18.5 Å². The van der Waals surface area contributed by atoms with E-state index in [1.807, 2.05) is 6.92 Å². The van der Waals surface area contributed by atoms with E-state index in [2.05, 4.69) is 21.2 Å². The molecule has 6 heteroatoms. The Morgan fingerprint density at radius 3 is 2.83 bits per heavy atom. The smallest absolute Gasteiger partial charge is 0.224 e. The van der Waals surface area contributed by atoms with Gasteiger partial charge in [0.05, 0.1) is 17.3 Å². The number of nitrogens with two attached hydrogens (primary N) is 1. The summed E-state index contributed by atoms with van der Waals surface area (Å²) in [5.41, 5.74) is 6.03. The van der Waals surface area contributed by atoms with E-state index in [1.165, 1.54) is 7.11 Å². The van der Waals surface area contributed by atoms with Gasteiger partial charge in [-0.3, -0.25) is 4.79 Å². The SMILES string of the molecule is COc1c(Br)cc(Cl)cc1NC(=O)CC(C)CN. The van der Waals surface area contributed by atoms with Gasteiger partial charge in [-0.05, 0) is 40.5 Å². The summed E-state index contributed by atoms with van der Waals surface area (Å²) in [6.45, 7) is 2.40. The van der Waals surface area contributed by atoms with Crippen LogP contribution in [0, 0.1) is 5.92 Å². The van der Waals surface area contributed by atoms with Crippen LogP contribution >= 0.6 is 27.5 Å². The zero-order chi connectivity index (χ0) is 13.7. The van der Waals surface area contributed by atoms with Crippen LogP contribution in [0.1, 0.15) is 13.3 Å². The van der Waals surface area contributed by atoms with Crippen molar-refractivity contribution < 1.29 is 9.53 Å². The summed E-state index contributed by atoms with van der Waals surface area (Å²) < 4.78 is 5.91.